The SMILES string of the molecule is COc1cc(-c2cc(C(=O)N3[C@@H]4CC[C@H]3CC(C(=O)N[C@@H]3CC[C@@H](C(F)(F)F)N(C)C3)C4)n[nH]2)c(F)cn1. The van der Waals surface area contributed by atoms with Crippen molar-refractivity contribution in [2.75, 3.05) is 20.7 Å². The minimum Gasteiger partial charge on any atom is -0.481 e. The Morgan fingerprint density at radius 2 is 1.84 bits per heavy atom. The Kier molecular flexibility index (Phi) is 7.05. The number of hydrogen-bond donors (Lipinski definition) is 2. The van der Waals surface area contributed by atoms with E-state index in [0.29, 0.717) is 18.5 Å². The number of aromatic amines is 1. The van der Waals surface area contributed by atoms with E-state index < -0.39 is 18.0 Å². The zero-order valence-electron chi connectivity index (χ0n) is 21.1. The molecule has 5 atom stereocenters. The average Bonchev–Trinajstić information content (AvgIpc) is 3.45. The number of piperidine rings is 2. The molecule has 206 valence electrons. The van der Waals surface area contributed by atoms with Crippen molar-refractivity contribution in [3.8, 4) is 17.1 Å². The minimum atomic E-state index is -4.28. The smallest absolute Gasteiger partial charge is 0.404 e. The highest BCUT2D eigenvalue weighted by atomic mass is 19.4. The van der Waals surface area contributed by atoms with Gasteiger partial charge in [0.05, 0.1) is 19.0 Å². The van der Waals surface area contributed by atoms with Crippen molar-refractivity contribution in [2.45, 2.75) is 68.9 Å². The molecule has 1 unspecified atom stereocenters. The number of H-pyrrole nitrogens is 1. The summed E-state index contributed by atoms with van der Waals surface area (Å²) < 4.78 is 58.8. The van der Waals surface area contributed by atoms with Crippen LogP contribution >= 0.6 is 0 Å². The summed E-state index contributed by atoms with van der Waals surface area (Å²) in [6.07, 6.45) is -0.547. The van der Waals surface area contributed by atoms with Crippen LogP contribution in [0, 0.1) is 11.7 Å². The molecule has 2 amide bonds. The molecule has 5 rings (SSSR count). The molecule has 0 radical (unpaired) electrons. The summed E-state index contributed by atoms with van der Waals surface area (Å²) in [6, 6.07) is 0.806. The molecular weight excluding hydrogens is 508 g/mol. The largest absolute Gasteiger partial charge is 0.481 e. The topological polar surface area (TPSA) is 103 Å². The molecular formula is C25H30F4N6O3. The Bertz CT molecular complexity index is 1190. The number of nitrogens with one attached hydrogen (secondary N) is 2. The summed E-state index contributed by atoms with van der Waals surface area (Å²) in [6.45, 7) is 0.144. The molecule has 3 saturated heterocycles. The number of ether oxygens (including phenoxy) is 1. The van der Waals surface area contributed by atoms with Gasteiger partial charge in [-0.2, -0.15) is 18.3 Å². The predicted molar refractivity (Wildman–Crippen MR) is 128 cm³/mol. The van der Waals surface area contributed by atoms with Crippen LogP contribution in [0.4, 0.5) is 17.6 Å². The molecule has 5 heterocycles. The third kappa shape index (κ3) is 5.07. The lowest BCUT2D eigenvalue weighted by molar-refractivity contribution is -0.188. The second kappa shape index (κ2) is 10.2. The van der Waals surface area contributed by atoms with Crippen LogP contribution in [0.25, 0.3) is 11.3 Å². The maximum Gasteiger partial charge on any atom is 0.404 e. The number of pyridine rings is 1. The fourth-order valence-corrected chi connectivity index (χ4v) is 6.16. The van der Waals surface area contributed by atoms with E-state index in [9.17, 15) is 27.2 Å². The van der Waals surface area contributed by atoms with Crippen LogP contribution in [0.1, 0.15) is 49.0 Å². The van der Waals surface area contributed by atoms with Crippen LogP contribution in [0.3, 0.4) is 0 Å². The van der Waals surface area contributed by atoms with Gasteiger partial charge in [-0.1, -0.05) is 0 Å². The monoisotopic (exact) mass is 538 g/mol. The number of carbonyl (C=O) groups is 2. The highest BCUT2D eigenvalue weighted by Gasteiger charge is 2.47. The molecule has 2 bridgehead atoms. The van der Waals surface area contributed by atoms with E-state index in [2.05, 4.69) is 20.5 Å². The maximum atomic E-state index is 14.3. The van der Waals surface area contributed by atoms with E-state index in [1.807, 2.05) is 0 Å². The van der Waals surface area contributed by atoms with Crippen LogP contribution in [-0.4, -0.2) is 87.8 Å². The Balaban J connectivity index is 1.21. The van der Waals surface area contributed by atoms with Gasteiger partial charge >= 0.3 is 6.18 Å². The first kappa shape index (κ1) is 26.4. The highest BCUT2D eigenvalue weighted by molar-refractivity contribution is 5.94. The standard InChI is InChI=1S/C25H30F4N6O3/c1-34-12-14(3-6-21(34)25(27,28)29)31-23(36)13-7-15-4-5-16(8-13)35(15)24(37)20-10-19(32-33-20)17-9-22(38-2)30-11-18(17)26/h9-11,13-16,21H,3-8,12H2,1-2H3,(H,31,36)(H,32,33)/t13?,14-,15-,16+,21+/m1/s1. The van der Waals surface area contributed by atoms with E-state index in [1.165, 1.54) is 31.2 Å². The fraction of sp³-hybridized carbons (Fsp3) is 0.600. The van der Waals surface area contributed by atoms with Crippen molar-refractivity contribution in [3.63, 3.8) is 0 Å². The van der Waals surface area contributed by atoms with Crippen LogP contribution in [0.2, 0.25) is 0 Å². The first-order valence-electron chi connectivity index (χ1n) is 12.7. The Morgan fingerprint density at radius 1 is 1.13 bits per heavy atom. The van der Waals surface area contributed by atoms with Crippen LogP contribution < -0.4 is 10.1 Å². The zero-order valence-corrected chi connectivity index (χ0v) is 21.1. The van der Waals surface area contributed by atoms with Gasteiger partial charge in [-0.15, -0.1) is 0 Å². The number of amides is 2. The number of alkyl halides is 3. The molecule has 38 heavy (non-hydrogen) atoms. The number of rotatable bonds is 5. The summed E-state index contributed by atoms with van der Waals surface area (Å²) >= 11 is 0. The molecule has 0 spiro atoms. The molecule has 0 aliphatic carbocycles. The lowest BCUT2D eigenvalue weighted by Gasteiger charge is -2.40. The van der Waals surface area contributed by atoms with E-state index in [0.717, 1.165) is 19.0 Å². The predicted octanol–water partition coefficient (Wildman–Crippen LogP) is 3.14. The number of halogens is 4. The van der Waals surface area contributed by atoms with E-state index in [1.54, 1.807) is 4.90 Å². The normalized spacial score (nSPS) is 27.8. The summed E-state index contributed by atoms with van der Waals surface area (Å²) in [5, 5.41) is 9.78. The summed E-state index contributed by atoms with van der Waals surface area (Å²) in [7, 11) is 2.85. The van der Waals surface area contributed by atoms with Crippen molar-refractivity contribution in [1.82, 2.24) is 30.3 Å². The Morgan fingerprint density at radius 3 is 2.47 bits per heavy atom. The van der Waals surface area contributed by atoms with Crippen molar-refractivity contribution in [1.29, 1.82) is 0 Å². The summed E-state index contributed by atoms with van der Waals surface area (Å²) in [4.78, 5) is 33.2. The second-order valence-electron chi connectivity index (χ2n) is 10.4. The van der Waals surface area contributed by atoms with Gasteiger partial charge in [-0.3, -0.25) is 19.6 Å². The molecule has 3 fully saturated rings. The van der Waals surface area contributed by atoms with Gasteiger partial charge in [0, 0.05) is 42.2 Å². The Labute approximate surface area is 216 Å². The molecule has 2 N–H and O–H groups in total. The first-order chi connectivity index (χ1) is 18.0. The lowest BCUT2D eigenvalue weighted by atomic mass is 9.89. The van der Waals surface area contributed by atoms with Crippen molar-refractivity contribution in [3.05, 3.63) is 29.8 Å². The van der Waals surface area contributed by atoms with E-state index >= 15 is 0 Å². The molecule has 13 heteroatoms. The molecule has 0 saturated carbocycles. The number of likely N-dealkylation sites (N-methyl/N-ethyl adjacent to an activating group) is 1. The molecule has 3 aliphatic heterocycles. The molecule has 3 aliphatic rings. The van der Waals surface area contributed by atoms with Gasteiger partial charge in [0.1, 0.15) is 6.04 Å². The van der Waals surface area contributed by atoms with Gasteiger partial charge in [-0.05, 0) is 51.6 Å². The number of likely N-dealkylation sites (tertiary alicyclic amines) is 1. The van der Waals surface area contributed by atoms with Gasteiger partial charge in [0.2, 0.25) is 11.8 Å². The second-order valence-corrected chi connectivity index (χ2v) is 10.4. The van der Waals surface area contributed by atoms with Crippen molar-refractivity contribution < 1.29 is 31.9 Å². The average molecular weight is 539 g/mol. The lowest BCUT2D eigenvalue weighted by Crippen LogP contribution is -2.56. The maximum absolute atomic E-state index is 14.3. The van der Waals surface area contributed by atoms with Crippen LogP contribution in [0.15, 0.2) is 18.3 Å². The van der Waals surface area contributed by atoms with Gasteiger partial charge in [0.25, 0.3) is 5.91 Å². The number of carbonyl (C=O) groups excluding carboxylic acids is 2. The van der Waals surface area contributed by atoms with Crippen LogP contribution in [0.5, 0.6) is 5.88 Å². The van der Waals surface area contributed by atoms with Crippen molar-refractivity contribution in [2.24, 2.45) is 5.92 Å². The molecule has 0 aromatic carbocycles. The van der Waals surface area contributed by atoms with E-state index in [-0.39, 0.29) is 72.4 Å². The third-order valence-corrected chi connectivity index (χ3v) is 8.02. The molecule has 9 nitrogen and oxygen atoms in total. The van der Waals surface area contributed by atoms with Crippen molar-refractivity contribution >= 4 is 11.8 Å². The van der Waals surface area contributed by atoms with E-state index in [4.69, 9.17) is 4.74 Å². The molecule has 2 aromatic rings. The first-order valence-corrected chi connectivity index (χ1v) is 12.7. The highest BCUT2D eigenvalue weighted by Crippen LogP contribution is 2.40. The number of aromatic nitrogens is 3. The van der Waals surface area contributed by atoms with Gasteiger partial charge in [0.15, 0.2) is 11.5 Å². The zero-order chi connectivity index (χ0) is 27.2. The quantitative estimate of drug-likeness (QED) is 0.567. The number of fused-ring (bicyclic) bond motifs is 2. The summed E-state index contributed by atoms with van der Waals surface area (Å²) in [5.74, 6) is -1.12. The third-order valence-electron chi connectivity index (χ3n) is 8.02. The van der Waals surface area contributed by atoms with Gasteiger partial charge in [-0.25, -0.2) is 9.37 Å². The van der Waals surface area contributed by atoms with Gasteiger partial charge < -0.3 is 15.0 Å². The number of nitrogens with zero attached hydrogens (tertiary/aromatic N) is 4. The molecule has 2 aromatic heterocycles. The summed E-state index contributed by atoms with van der Waals surface area (Å²) in [5.41, 5.74) is 0.648. The Hall–Kier alpha value is -3.22. The van der Waals surface area contributed by atoms with Crippen LogP contribution in [-0.2, 0) is 4.79 Å². The number of methoxy groups -OCH3 is 1. The fourth-order valence-electron chi connectivity index (χ4n) is 6.16. The number of hydrogen-bond acceptors (Lipinski definition) is 6. The minimum absolute atomic E-state index is 0.0506.